The first kappa shape index (κ1) is 12.2. The van der Waals surface area contributed by atoms with Gasteiger partial charge in [-0.1, -0.05) is 0 Å². The summed E-state index contributed by atoms with van der Waals surface area (Å²) in [6, 6.07) is 8.04. The zero-order valence-electron chi connectivity index (χ0n) is 8.91. The largest absolute Gasteiger partial charge is 0.348 e. The zero-order chi connectivity index (χ0) is 11.4. The van der Waals surface area contributed by atoms with Gasteiger partial charge in [0.05, 0.1) is 0 Å². The van der Waals surface area contributed by atoms with Gasteiger partial charge >= 0.3 is 0 Å². The van der Waals surface area contributed by atoms with Gasteiger partial charge in [0.1, 0.15) is 0 Å². The van der Waals surface area contributed by atoms with Gasteiger partial charge in [-0.05, 0) is 65.5 Å². The molecule has 1 heterocycles. The van der Waals surface area contributed by atoms with Gasteiger partial charge in [-0.3, -0.25) is 4.79 Å². The number of nitrogens with one attached hydrogen (secondary N) is 1. The Hall–Kier alpha value is -0.230. The van der Waals surface area contributed by atoms with Crippen molar-refractivity contribution in [2.45, 2.75) is 18.9 Å². The van der Waals surface area contributed by atoms with Crippen LogP contribution in [0.5, 0.6) is 0 Å². The molecule has 1 saturated heterocycles. The number of hydrogen-bond donors (Lipinski definition) is 1. The maximum Gasteiger partial charge on any atom is 0.251 e. The first-order chi connectivity index (χ1) is 7.75. The van der Waals surface area contributed by atoms with Gasteiger partial charge in [-0.15, -0.1) is 0 Å². The van der Waals surface area contributed by atoms with Crippen LogP contribution in [0.4, 0.5) is 0 Å². The molecule has 1 aromatic carbocycles. The lowest BCUT2D eigenvalue weighted by Crippen LogP contribution is -2.38. The van der Waals surface area contributed by atoms with Crippen LogP contribution in [0.15, 0.2) is 24.3 Å². The molecule has 1 atom stereocenters. The average Bonchev–Trinajstić information content (AvgIpc) is 2.31. The molecule has 1 amide bonds. The number of rotatable bonds is 2. The third-order valence-electron chi connectivity index (χ3n) is 2.60. The predicted octanol–water partition coefficient (Wildman–Crippen LogP) is 2.92. The monoisotopic (exact) mass is 347 g/mol. The highest BCUT2D eigenvalue weighted by Crippen LogP contribution is 2.17. The van der Waals surface area contributed by atoms with Crippen molar-refractivity contribution < 1.29 is 4.79 Å². The van der Waals surface area contributed by atoms with Gasteiger partial charge in [0, 0.05) is 20.9 Å². The molecule has 1 fully saturated rings. The van der Waals surface area contributed by atoms with Gasteiger partial charge in [0.15, 0.2) is 0 Å². The highest BCUT2D eigenvalue weighted by atomic mass is 127. The Kier molecular flexibility index (Phi) is 4.52. The van der Waals surface area contributed by atoms with Crippen molar-refractivity contribution in [1.29, 1.82) is 0 Å². The van der Waals surface area contributed by atoms with E-state index in [0.29, 0.717) is 6.04 Å². The lowest BCUT2D eigenvalue weighted by Gasteiger charge is -2.22. The summed E-state index contributed by atoms with van der Waals surface area (Å²) in [6.45, 7) is 0. The minimum Gasteiger partial charge on any atom is -0.348 e. The van der Waals surface area contributed by atoms with Crippen molar-refractivity contribution in [2.24, 2.45) is 0 Å². The molecule has 1 unspecified atom stereocenters. The third kappa shape index (κ3) is 3.38. The molecule has 2 nitrogen and oxygen atoms in total. The molecule has 0 spiro atoms. The maximum absolute atomic E-state index is 11.9. The number of halogens is 1. The zero-order valence-corrected chi connectivity index (χ0v) is 11.9. The highest BCUT2D eigenvalue weighted by Gasteiger charge is 2.16. The SMILES string of the molecule is O=C(NC1CCCSC1)c1ccc(I)cc1. The molecule has 0 bridgehead atoms. The van der Waals surface area contributed by atoms with Gasteiger partial charge in [-0.25, -0.2) is 0 Å². The fraction of sp³-hybridized carbons (Fsp3) is 0.417. The molecule has 1 aliphatic rings. The highest BCUT2D eigenvalue weighted by molar-refractivity contribution is 14.1. The second-order valence-electron chi connectivity index (χ2n) is 3.89. The molecule has 0 aliphatic carbocycles. The summed E-state index contributed by atoms with van der Waals surface area (Å²) in [4.78, 5) is 11.9. The van der Waals surface area contributed by atoms with Crippen molar-refractivity contribution in [3.8, 4) is 0 Å². The van der Waals surface area contributed by atoms with Crippen LogP contribution in [-0.4, -0.2) is 23.5 Å². The minimum atomic E-state index is 0.0592. The lowest BCUT2D eigenvalue weighted by atomic mass is 10.1. The van der Waals surface area contributed by atoms with E-state index < -0.39 is 0 Å². The van der Waals surface area contributed by atoms with Crippen molar-refractivity contribution in [2.75, 3.05) is 11.5 Å². The van der Waals surface area contributed by atoms with Crippen LogP contribution < -0.4 is 5.32 Å². The van der Waals surface area contributed by atoms with E-state index in [1.807, 2.05) is 36.0 Å². The molecule has 16 heavy (non-hydrogen) atoms. The van der Waals surface area contributed by atoms with Crippen molar-refractivity contribution in [3.63, 3.8) is 0 Å². The van der Waals surface area contributed by atoms with Gasteiger partial charge in [0.25, 0.3) is 5.91 Å². The van der Waals surface area contributed by atoms with E-state index >= 15 is 0 Å². The predicted molar refractivity (Wildman–Crippen MR) is 77.0 cm³/mol. The quantitative estimate of drug-likeness (QED) is 0.834. The summed E-state index contributed by atoms with van der Waals surface area (Å²) in [5.74, 6) is 2.34. The van der Waals surface area contributed by atoms with Crippen LogP contribution in [-0.2, 0) is 0 Å². The summed E-state index contributed by atoms with van der Waals surface area (Å²) >= 11 is 4.17. The molecule has 4 heteroatoms. The molecule has 0 radical (unpaired) electrons. The number of thioether (sulfide) groups is 1. The first-order valence-corrected chi connectivity index (χ1v) is 7.63. The van der Waals surface area contributed by atoms with Crippen molar-refractivity contribution in [3.05, 3.63) is 33.4 Å². The van der Waals surface area contributed by atoms with Crippen LogP contribution in [0.1, 0.15) is 23.2 Å². The second kappa shape index (κ2) is 5.91. The molecule has 86 valence electrons. The van der Waals surface area contributed by atoms with E-state index in [1.54, 1.807) is 0 Å². The maximum atomic E-state index is 11.9. The molecular formula is C12H14INOS. The van der Waals surface area contributed by atoms with Crippen LogP contribution in [0, 0.1) is 3.57 Å². The van der Waals surface area contributed by atoms with E-state index in [1.165, 1.54) is 12.2 Å². The van der Waals surface area contributed by atoms with Crippen LogP contribution in [0.25, 0.3) is 0 Å². The van der Waals surface area contributed by atoms with Gasteiger partial charge < -0.3 is 5.32 Å². The number of amides is 1. The summed E-state index contributed by atoms with van der Waals surface area (Å²) in [5, 5.41) is 3.09. The van der Waals surface area contributed by atoms with E-state index in [-0.39, 0.29) is 5.91 Å². The first-order valence-electron chi connectivity index (χ1n) is 5.40. The Morgan fingerprint density at radius 1 is 1.38 bits per heavy atom. The Bertz CT molecular complexity index is 360. The van der Waals surface area contributed by atoms with Crippen LogP contribution in [0.2, 0.25) is 0 Å². The van der Waals surface area contributed by atoms with Crippen molar-refractivity contribution >= 4 is 40.3 Å². The third-order valence-corrected chi connectivity index (χ3v) is 4.54. The molecule has 2 rings (SSSR count). The van der Waals surface area contributed by atoms with E-state index in [2.05, 4.69) is 27.9 Å². The summed E-state index contributed by atoms with van der Waals surface area (Å²) in [5.41, 5.74) is 0.760. The molecule has 1 N–H and O–H groups in total. The smallest absolute Gasteiger partial charge is 0.251 e. The van der Waals surface area contributed by atoms with E-state index in [4.69, 9.17) is 0 Å². The average molecular weight is 347 g/mol. The van der Waals surface area contributed by atoms with E-state index in [9.17, 15) is 4.79 Å². The molecule has 1 aliphatic heterocycles. The Labute approximate surface area is 114 Å². The summed E-state index contributed by atoms with van der Waals surface area (Å²) in [6.07, 6.45) is 2.32. The van der Waals surface area contributed by atoms with Crippen molar-refractivity contribution in [1.82, 2.24) is 5.32 Å². The number of benzene rings is 1. The van der Waals surface area contributed by atoms with Gasteiger partial charge in [0.2, 0.25) is 0 Å². The van der Waals surface area contributed by atoms with Crippen LogP contribution in [0.3, 0.4) is 0 Å². The standard InChI is InChI=1S/C12H14INOS/c13-10-5-3-9(4-6-10)12(15)14-11-2-1-7-16-8-11/h3-6,11H,1-2,7-8H2,(H,14,15). The van der Waals surface area contributed by atoms with Crippen LogP contribution >= 0.6 is 34.4 Å². The topological polar surface area (TPSA) is 29.1 Å². The molecule has 0 aromatic heterocycles. The Morgan fingerprint density at radius 3 is 2.75 bits per heavy atom. The second-order valence-corrected chi connectivity index (χ2v) is 6.29. The lowest BCUT2D eigenvalue weighted by molar-refractivity contribution is 0.0938. The Balaban J connectivity index is 1.94. The van der Waals surface area contributed by atoms with Gasteiger partial charge in [-0.2, -0.15) is 11.8 Å². The Morgan fingerprint density at radius 2 is 2.12 bits per heavy atom. The molecule has 1 aromatic rings. The fourth-order valence-corrected chi connectivity index (χ4v) is 3.16. The summed E-state index contributed by atoms with van der Waals surface area (Å²) < 4.78 is 1.15. The normalized spacial score (nSPS) is 20.4. The molecule has 0 saturated carbocycles. The molecular weight excluding hydrogens is 333 g/mol. The minimum absolute atomic E-state index is 0.0592. The number of carbonyl (C=O) groups excluding carboxylic acids is 1. The van der Waals surface area contributed by atoms with E-state index in [0.717, 1.165) is 21.3 Å². The number of hydrogen-bond acceptors (Lipinski definition) is 2. The fourth-order valence-electron chi connectivity index (χ4n) is 1.72. The number of carbonyl (C=O) groups is 1. The summed E-state index contributed by atoms with van der Waals surface area (Å²) in [7, 11) is 0.